The minimum absolute atomic E-state index is 0.300. The first-order valence-electron chi connectivity index (χ1n) is 4.66. The van der Waals surface area contributed by atoms with Crippen LogP contribution in [0.4, 0.5) is 5.82 Å². The monoisotopic (exact) mass is 259 g/mol. The van der Waals surface area contributed by atoms with Crippen molar-refractivity contribution in [2.75, 3.05) is 24.2 Å². The molecular formula is C9H10ClN3O2S. The highest BCUT2D eigenvalue weighted by atomic mass is 35.5. The predicted octanol–water partition coefficient (Wildman–Crippen LogP) is 1.37. The second-order valence-electron chi connectivity index (χ2n) is 3.48. The Hall–Kier alpha value is -1.01. The first-order valence-corrected chi connectivity index (χ1v) is 6.26. The number of thioether (sulfide) groups is 1. The maximum Gasteiger partial charge on any atom is 0.310 e. The number of carbonyl (C=O) groups is 1. The van der Waals surface area contributed by atoms with E-state index in [1.54, 1.807) is 6.07 Å². The van der Waals surface area contributed by atoms with Crippen molar-refractivity contribution in [1.29, 1.82) is 0 Å². The number of halogens is 1. The molecule has 0 radical (unpaired) electrons. The van der Waals surface area contributed by atoms with E-state index in [2.05, 4.69) is 9.97 Å². The number of nitrogens with zero attached hydrogens (tertiary/aromatic N) is 3. The normalized spacial score (nSPS) is 16.0. The van der Waals surface area contributed by atoms with Crippen LogP contribution >= 0.6 is 23.4 Å². The summed E-state index contributed by atoms with van der Waals surface area (Å²) >= 11 is 7.25. The van der Waals surface area contributed by atoms with Gasteiger partial charge in [-0.3, -0.25) is 4.79 Å². The van der Waals surface area contributed by atoms with Crippen molar-refractivity contribution < 1.29 is 9.90 Å². The third kappa shape index (κ3) is 2.22. The van der Waals surface area contributed by atoms with Crippen LogP contribution in [0, 0.1) is 5.92 Å². The van der Waals surface area contributed by atoms with E-state index in [-0.39, 0.29) is 5.92 Å². The minimum atomic E-state index is -0.763. The Bertz CT molecular complexity index is 423. The van der Waals surface area contributed by atoms with Crippen LogP contribution in [0.1, 0.15) is 0 Å². The van der Waals surface area contributed by atoms with Gasteiger partial charge in [-0.05, 0) is 6.26 Å². The fraction of sp³-hybridized carbons (Fsp3) is 0.444. The quantitative estimate of drug-likeness (QED) is 0.502. The molecule has 86 valence electrons. The van der Waals surface area contributed by atoms with Gasteiger partial charge >= 0.3 is 5.97 Å². The van der Waals surface area contributed by atoms with Crippen LogP contribution in [0.15, 0.2) is 11.2 Å². The molecule has 0 atom stereocenters. The summed E-state index contributed by atoms with van der Waals surface area (Å²) in [5, 5.41) is 9.74. The minimum Gasteiger partial charge on any atom is -0.481 e. The molecule has 2 rings (SSSR count). The van der Waals surface area contributed by atoms with Crippen LogP contribution in [-0.4, -0.2) is 40.4 Å². The lowest BCUT2D eigenvalue weighted by Gasteiger charge is -2.37. The highest BCUT2D eigenvalue weighted by molar-refractivity contribution is 7.98. The summed E-state index contributed by atoms with van der Waals surface area (Å²) in [6.07, 6.45) is 1.87. The fourth-order valence-electron chi connectivity index (χ4n) is 1.46. The van der Waals surface area contributed by atoms with Gasteiger partial charge in [-0.15, -0.1) is 0 Å². The number of anilines is 1. The summed E-state index contributed by atoms with van der Waals surface area (Å²) in [5.41, 5.74) is 0. The zero-order valence-electron chi connectivity index (χ0n) is 8.55. The van der Waals surface area contributed by atoms with Gasteiger partial charge in [-0.1, -0.05) is 23.4 Å². The average molecular weight is 260 g/mol. The Kier molecular flexibility index (Phi) is 3.20. The first kappa shape index (κ1) is 11.5. The Balaban J connectivity index is 2.11. The maximum absolute atomic E-state index is 10.7. The van der Waals surface area contributed by atoms with E-state index in [0.29, 0.717) is 29.2 Å². The van der Waals surface area contributed by atoms with Gasteiger partial charge in [0.2, 0.25) is 0 Å². The van der Waals surface area contributed by atoms with Crippen LogP contribution < -0.4 is 4.90 Å². The van der Waals surface area contributed by atoms with Crippen molar-refractivity contribution in [1.82, 2.24) is 9.97 Å². The number of hydrogen-bond donors (Lipinski definition) is 1. The van der Waals surface area contributed by atoms with Gasteiger partial charge < -0.3 is 10.0 Å². The summed E-state index contributed by atoms with van der Waals surface area (Å²) in [6, 6.07) is 1.65. The van der Waals surface area contributed by atoms with Gasteiger partial charge in [0.1, 0.15) is 11.0 Å². The van der Waals surface area contributed by atoms with Crippen LogP contribution in [0.25, 0.3) is 0 Å². The van der Waals surface area contributed by atoms with E-state index in [1.165, 1.54) is 11.8 Å². The molecule has 1 saturated heterocycles. The van der Waals surface area contributed by atoms with E-state index < -0.39 is 5.97 Å². The highest BCUT2D eigenvalue weighted by Crippen LogP contribution is 2.26. The van der Waals surface area contributed by atoms with Gasteiger partial charge in [0.05, 0.1) is 5.92 Å². The van der Waals surface area contributed by atoms with Gasteiger partial charge in [0.25, 0.3) is 0 Å². The summed E-state index contributed by atoms with van der Waals surface area (Å²) < 4.78 is 0. The van der Waals surface area contributed by atoms with Crippen LogP contribution in [0.5, 0.6) is 0 Å². The second-order valence-corrected chi connectivity index (χ2v) is 4.64. The number of aromatic nitrogens is 2. The zero-order valence-corrected chi connectivity index (χ0v) is 10.1. The molecule has 0 aromatic carbocycles. The number of carboxylic acid groups (broad SMARTS) is 1. The van der Waals surface area contributed by atoms with Crippen molar-refractivity contribution in [3.05, 3.63) is 11.2 Å². The molecule has 7 heteroatoms. The Morgan fingerprint density at radius 3 is 2.88 bits per heavy atom. The molecule has 0 spiro atoms. The largest absolute Gasteiger partial charge is 0.481 e. The number of carboxylic acids is 1. The topological polar surface area (TPSA) is 66.3 Å². The highest BCUT2D eigenvalue weighted by Gasteiger charge is 2.33. The van der Waals surface area contributed by atoms with Crippen molar-refractivity contribution >= 4 is 35.1 Å². The molecule has 1 fully saturated rings. The molecular weight excluding hydrogens is 250 g/mol. The van der Waals surface area contributed by atoms with Gasteiger partial charge in [0.15, 0.2) is 5.16 Å². The van der Waals surface area contributed by atoms with E-state index in [0.717, 1.165) is 0 Å². The van der Waals surface area contributed by atoms with Gasteiger partial charge in [0, 0.05) is 19.2 Å². The van der Waals surface area contributed by atoms with Crippen molar-refractivity contribution in [3.63, 3.8) is 0 Å². The third-order valence-electron chi connectivity index (χ3n) is 2.40. The zero-order chi connectivity index (χ0) is 11.7. The fourth-order valence-corrected chi connectivity index (χ4v) is 2.06. The first-order chi connectivity index (χ1) is 7.60. The van der Waals surface area contributed by atoms with Crippen LogP contribution in [0.2, 0.25) is 5.15 Å². The number of rotatable bonds is 3. The Morgan fingerprint density at radius 1 is 1.62 bits per heavy atom. The molecule has 0 unspecified atom stereocenters. The average Bonchev–Trinajstić information content (AvgIpc) is 2.13. The van der Waals surface area contributed by atoms with Gasteiger partial charge in [-0.2, -0.15) is 0 Å². The van der Waals surface area contributed by atoms with Gasteiger partial charge in [-0.25, -0.2) is 9.97 Å². The molecule has 5 nitrogen and oxygen atoms in total. The lowest BCUT2D eigenvalue weighted by molar-refractivity contribution is -0.142. The Morgan fingerprint density at radius 2 is 2.31 bits per heavy atom. The summed E-state index contributed by atoms with van der Waals surface area (Å²) in [6.45, 7) is 0.965. The lowest BCUT2D eigenvalue weighted by atomic mass is 10.0. The molecule has 16 heavy (non-hydrogen) atoms. The molecule has 2 heterocycles. The smallest absolute Gasteiger partial charge is 0.310 e. The van der Waals surface area contributed by atoms with E-state index in [9.17, 15) is 4.79 Å². The molecule has 1 aliphatic rings. The molecule has 1 aromatic heterocycles. The molecule has 1 N–H and O–H groups in total. The Labute approximate surface area is 102 Å². The molecule has 0 aliphatic carbocycles. The van der Waals surface area contributed by atoms with Crippen LogP contribution in [-0.2, 0) is 4.79 Å². The van der Waals surface area contributed by atoms with E-state index in [4.69, 9.17) is 16.7 Å². The summed E-state index contributed by atoms with van der Waals surface area (Å²) in [4.78, 5) is 20.8. The van der Waals surface area contributed by atoms with Crippen molar-refractivity contribution in [3.8, 4) is 0 Å². The summed E-state index contributed by atoms with van der Waals surface area (Å²) in [7, 11) is 0. The van der Waals surface area contributed by atoms with E-state index >= 15 is 0 Å². The molecule has 1 aliphatic heterocycles. The van der Waals surface area contributed by atoms with E-state index in [1.807, 2.05) is 11.2 Å². The predicted molar refractivity (Wildman–Crippen MR) is 62.2 cm³/mol. The molecule has 0 amide bonds. The molecule has 0 saturated carbocycles. The number of hydrogen-bond acceptors (Lipinski definition) is 5. The lowest BCUT2D eigenvalue weighted by Crippen LogP contribution is -2.50. The molecule has 0 bridgehead atoms. The maximum atomic E-state index is 10.7. The SMILES string of the molecule is CSc1nc(Cl)cc(N2CC(C(=O)O)C2)n1. The second kappa shape index (κ2) is 4.47. The van der Waals surface area contributed by atoms with Crippen molar-refractivity contribution in [2.24, 2.45) is 5.92 Å². The standard InChI is InChI=1S/C9H10ClN3O2S/c1-16-9-11-6(10)2-7(12-9)13-3-5(4-13)8(14)15/h2,5H,3-4H2,1H3,(H,14,15). The van der Waals surface area contributed by atoms with Crippen LogP contribution in [0.3, 0.4) is 0 Å². The summed E-state index contributed by atoms with van der Waals surface area (Å²) in [5.74, 6) is -0.366. The molecule has 1 aromatic rings. The third-order valence-corrected chi connectivity index (χ3v) is 3.14. The van der Waals surface area contributed by atoms with Crippen molar-refractivity contribution in [2.45, 2.75) is 5.16 Å². The number of aliphatic carboxylic acids is 1.